The molecule has 1 aromatic rings. The van der Waals surface area contributed by atoms with Crippen LogP contribution in [0.2, 0.25) is 0 Å². The van der Waals surface area contributed by atoms with Crippen LogP contribution in [0.3, 0.4) is 0 Å². The summed E-state index contributed by atoms with van der Waals surface area (Å²) >= 11 is 0. The molecule has 1 N–H and O–H groups in total. The predicted octanol–water partition coefficient (Wildman–Crippen LogP) is 0.272. The SMILES string of the molecule is FCC[n+]1cc[nH]c1. The zero-order valence-corrected chi connectivity index (χ0v) is 4.47. The molecule has 0 fully saturated rings. The second-order valence-electron chi connectivity index (χ2n) is 1.54. The van der Waals surface area contributed by atoms with Gasteiger partial charge in [-0.25, -0.2) is 8.96 Å². The van der Waals surface area contributed by atoms with Crippen LogP contribution in [0, 0.1) is 0 Å². The molecule has 0 unspecified atom stereocenters. The summed E-state index contributed by atoms with van der Waals surface area (Å²) < 4.78 is 13.3. The molecule has 1 rings (SSSR count). The predicted molar refractivity (Wildman–Crippen MR) is 27.0 cm³/mol. The number of nitrogens with zero attached hydrogens (tertiary/aromatic N) is 1. The van der Waals surface area contributed by atoms with Gasteiger partial charge in [0, 0.05) is 0 Å². The summed E-state index contributed by atoms with van der Waals surface area (Å²) in [5.74, 6) is 0. The molecule has 3 heteroatoms. The molecule has 0 radical (unpaired) electrons. The Balaban J connectivity index is 2.50. The first-order valence-electron chi connectivity index (χ1n) is 2.51. The minimum Gasteiger partial charge on any atom is -0.250 e. The zero-order valence-electron chi connectivity index (χ0n) is 4.47. The first-order valence-corrected chi connectivity index (χ1v) is 2.51. The largest absolute Gasteiger partial charge is 0.250 e. The van der Waals surface area contributed by atoms with E-state index >= 15 is 0 Å². The molecule has 0 amide bonds. The molecule has 8 heavy (non-hydrogen) atoms. The molecule has 0 aliphatic rings. The number of hydrogen-bond donors (Lipinski definition) is 1. The van der Waals surface area contributed by atoms with Gasteiger partial charge in [0.1, 0.15) is 25.6 Å². The fourth-order valence-electron chi connectivity index (χ4n) is 0.557. The Morgan fingerprint density at radius 2 is 2.50 bits per heavy atom. The quantitative estimate of drug-likeness (QED) is 0.534. The maximum atomic E-state index is 11.5. The number of aromatic amines is 1. The summed E-state index contributed by atoms with van der Waals surface area (Å²) in [6.45, 7) is 0.145. The van der Waals surface area contributed by atoms with Gasteiger partial charge in [-0.3, -0.25) is 4.98 Å². The van der Waals surface area contributed by atoms with Gasteiger partial charge in [-0.15, -0.1) is 0 Å². The first kappa shape index (κ1) is 5.28. The Kier molecular flexibility index (Phi) is 1.62. The minimum absolute atomic E-state index is 0.303. The molecule has 0 saturated carbocycles. The summed E-state index contributed by atoms with van der Waals surface area (Å²) in [4.78, 5) is 2.81. The highest BCUT2D eigenvalue weighted by molar-refractivity contribution is 4.55. The lowest BCUT2D eigenvalue weighted by molar-refractivity contribution is -0.695. The molecular weight excluding hydrogens is 107 g/mol. The monoisotopic (exact) mass is 115 g/mol. The van der Waals surface area contributed by atoms with Crippen molar-refractivity contribution in [3.63, 3.8) is 0 Å². The number of alkyl halides is 1. The van der Waals surface area contributed by atoms with Crippen LogP contribution in [0.25, 0.3) is 0 Å². The van der Waals surface area contributed by atoms with E-state index in [9.17, 15) is 4.39 Å². The molecular formula is C5H8FN2+. The van der Waals surface area contributed by atoms with Crippen LogP contribution < -0.4 is 4.57 Å². The fourth-order valence-corrected chi connectivity index (χ4v) is 0.557. The summed E-state index contributed by atoms with van der Waals surface area (Å²) in [6.07, 6.45) is 5.27. The van der Waals surface area contributed by atoms with Crippen molar-refractivity contribution in [3.8, 4) is 0 Å². The molecule has 0 spiro atoms. The van der Waals surface area contributed by atoms with E-state index in [1.807, 2.05) is 0 Å². The number of H-pyrrole nitrogens is 1. The fraction of sp³-hybridized carbons (Fsp3) is 0.400. The summed E-state index contributed by atoms with van der Waals surface area (Å²) in [6, 6.07) is 0. The van der Waals surface area contributed by atoms with E-state index in [2.05, 4.69) is 4.98 Å². The van der Waals surface area contributed by atoms with E-state index in [-0.39, 0.29) is 6.67 Å². The second kappa shape index (κ2) is 2.45. The van der Waals surface area contributed by atoms with Crippen LogP contribution in [0.1, 0.15) is 0 Å². The van der Waals surface area contributed by atoms with Gasteiger partial charge in [0.25, 0.3) is 0 Å². The molecule has 2 nitrogen and oxygen atoms in total. The standard InChI is InChI=1S/C5H7FN2/c6-1-3-8-4-2-7-5-8/h2,4-5H,1,3H2/p+1. The maximum absolute atomic E-state index is 11.5. The van der Waals surface area contributed by atoms with Gasteiger partial charge in [0.2, 0.25) is 6.33 Å². The molecule has 0 aromatic carbocycles. The van der Waals surface area contributed by atoms with Crippen molar-refractivity contribution in [1.29, 1.82) is 0 Å². The average Bonchev–Trinajstić information content (AvgIpc) is 2.19. The number of imidazole rings is 1. The van der Waals surface area contributed by atoms with E-state index in [1.165, 1.54) is 0 Å². The highest BCUT2D eigenvalue weighted by atomic mass is 19.1. The molecule has 0 saturated heterocycles. The zero-order chi connectivity index (χ0) is 5.82. The van der Waals surface area contributed by atoms with Crippen LogP contribution in [0.5, 0.6) is 0 Å². The number of rotatable bonds is 2. The Bertz CT molecular complexity index is 136. The maximum Gasteiger partial charge on any atom is 0.241 e. The molecule has 1 heterocycles. The van der Waals surface area contributed by atoms with Crippen LogP contribution in [0.4, 0.5) is 4.39 Å². The Hall–Kier alpha value is -0.860. The van der Waals surface area contributed by atoms with Gasteiger partial charge in [0.15, 0.2) is 0 Å². The normalized spacial score (nSPS) is 9.62. The highest BCUT2D eigenvalue weighted by Gasteiger charge is 1.91. The van der Waals surface area contributed by atoms with E-state index in [0.29, 0.717) is 6.54 Å². The molecule has 1 aromatic heterocycles. The lowest BCUT2D eigenvalue weighted by Gasteiger charge is -1.83. The number of hydrogen-bond acceptors (Lipinski definition) is 0. The molecule has 0 bridgehead atoms. The van der Waals surface area contributed by atoms with E-state index in [1.54, 1.807) is 23.3 Å². The van der Waals surface area contributed by atoms with Gasteiger partial charge in [-0.1, -0.05) is 0 Å². The Labute approximate surface area is 47.0 Å². The summed E-state index contributed by atoms with van der Waals surface area (Å²) in [7, 11) is 0. The molecule has 0 atom stereocenters. The van der Waals surface area contributed by atoms with E-state index in [4.69, 9.17) is 0 Å². The highest BCUT2D eigenvalue weighted by Crippen LogP contribution is 1.70. The minimum atomic E-state index is -0.303. The second-order valence-corrected chi connectivity index (χ2v) is 1.54. The van der Waals surface area contributed by atoms with Gasteiger partial charge in [-0.2, -0.15) is 0 Å². The Morgan fingerprint density at radius 3 is 3.00 bits per heavy atom. The number of aryl methyl sites for hydroxylation is 1. The third-order valence-electron chi connectivity index (χ3n) is 0.945. The third kappa shape index (κ3) is 1.05. The van der Waals surface area contributed by atoms with Crippen molar-refractivity contribution in [3.05, 3.63) is 18.7 Å². The van der Waals surface area contributed by atoms with Crippen LogP contribution in [-0.4, -0.2) is 11.7 Å². The van der Waals surface area contributed by atoms with Crippen LogP contribution >= 0.6 is 0 Å². The van der Waals surface area contributed by atoms with Crippen LogP contribution in [0.15, 0.2) is 18.7 Å². The van der Waals surface area contributed by atoms with Crippen molar-refractivity contribution in [2.75, 3.05) is 6.67 Å². The molecule has 0 aliphatic heterocycles. The van der Waals surface area contributed by atoms with Crippen molar-refractivity contribution < 1.29 is 8.96 Å². The Morgan fingerprint density at radius 1 is 1.62 bits per heavy atom. The lowest BCUT2D eigenvalue weighted by atomic mass is 10.7. The van der Waals surface area contributed by atoms with Gasteiger partial charge < -0.3 is 0 Å². The number of nitrogens with one attached hydrogen (secondary N) is 1. The van der Waals surface area contributed by atoms with Crippen molar-refractivity contribution in [1.82, 2.24) is 4.98 Å². The van der Waals surface area contributed by atoms with Crippen LogP contribution in [-0.2, 0) is 6.54 Å². The van der Waals surface area contributed by atoms with Gasteiger partial charge in [-0.05, 0) is 0 Å². The number of aromatic nitrogens is 2. The number of halogens is 1. The topological polar surface area (TPSA) is 19.7 Å². The molecule has 44 valence electrons. The lowest BCUT2D eigenvalue weighted by Crippen LogP contribution is -2.31. The molecule has 0 aliphatic carbocycles. The summed E-state index contributed by atoms with van der Waals surface area (Å²) in [5, 5.41) is 0. The summed E-state index contributed by atoms with van der Waals surface area (Å²) in [5.41, 5.74) is 0. The van der Waals surface area contributed by atoms with Crippen molar-refractivity contribution in [2.45, 2.75) is 6.54 Å². The first-order chi connectivity index (χ1) is 3.93. The van der Waals surface area contributed by atoms with E-state index in [0.717, 1.165) is 0 Å². The van der Waals surface area contributed by atoms with Gasteiger partial charge in [0.05, 0.1) is 0 Å². The van der Waals surface area contributed by atoms with Crippen molar-refractivity contribution in [2.24, 2.45) is 0 Å². The smallest absolute Gasteiger partial charge is 0.241 e. The van der Waals surface area contributed by atoms with E-state index < -0.39 is 0 Å². The van der Waals surface area contributed by atoms with Gasteiger partial charge >= 0.3 is 0 Å². The van der Waals surface area contributed by atoms with Crippen molar-refractivity contribution >= 4 is 0 Å². The average molecular weight is 115 g/mol. The third-order valence-corrected chi connectivity index (χ3v) is 0.945.